The Bertz CT molecular complexity index is 532. The minimum Gasteiger partial charge on any atom is -0.339 e. The molecule has 0 fully saturated rings. The topological polar surface area (TPSA) is 76.7 Å². The van der Waals surface area contributed by atoms with Crippen molar-refractivity contribution in [2.24, 2.45) is 5.41 Å². The Hall–Kier alpha value is -1.82. The molecule has 1 N–H and O–H groups in total. The molecule has 0 aromatic carbocycles. The van der Waals surface area contributed by atoms with Crippen molar-refractivity contribution >= 4 is 0 Å². The molecule has 2 aromatic rings. The first-order chi connectivity index (χ1) is 9.50. The van der Waals surface area contributed by atoms with Crippen LogP contribution in [0.2, 0.25) is 0 Å². The summed E-state index contributed by atoms with van der Waals surface area (Å²) < 4.78 is 5.33. The normalized spacial score (nSPS) is 13.4. The Kier molecular flexibility index (Phi) is 4.44. The highest BCUT2D eigenvalue weighted by atomic mass is 16.5. The van der Waals surface area contributed by atoms with E-state index < -0.39 is 0 Å². The van der Waals surface area contributed by atoms with Crippen molar-refractivity contribution in [3.05, 3.63) is 24.5 Å². The standard InChI is InChI=1S/C14H21N5O/c1-5-16-11(14(2,3)4)8-12-18-13(19-20-12)10-6-7-15-9-17-10/h6-7,9,11,16H,5,8H2,1-4H3. The van der Waals surface area contributed by atoms with Crippen molar-refractivity contribution in [2.45, 2.75) is 40.2 Å². The molecule has 2 rings (SSSR count). The number of nitrogens with zero attached hydrogens (tertiary/aromatic N) is 4. The molecule has 0 aliphatic carbocycles. The Balaban J connectivity index is 2.13. The average Bonchev–Trinajstić information content (AvgIpc) is 2.87. The zero-order valence-electron chi connectivity index (χ0n) is 12.4. The van der Waals surface area contributed by atoms with E-state index >= 15 is 0 Å². The number of hydrogen-bond donors (Lipinski definition) is 1. The van der Waals surface area contributed by atoms with Crippen molar-refractivity contribution in [1.29, 1.82) is 0 Å². The highest BCUT2D eigenvalue weighted by Gasteiger charge is 2.26. The van der Waals surface area contributed by atoms with Gasteiger partial charge in [0.15, 0.2) is 0 Å². The van der Waals surface area contributed by atoms with Gasteiger partial charge in [-0.2, -0.15) is 4.98 Å². The fourth-order valence-electron chi connectivity index (χ4n) is 1.97. The maximum Gasteiger partial charge on any atom is 0.228 e. The molecule has 0 radical (unpaired) electrons. The van der Waals surface area contributed by atoms with Gasteiger partial charge in [-0.1, -0.05) is 32.9 Å². The molecule has 1 atom stereocenters. The second kappa shape index (κ2) is 6.09. The summed E-state index contributed by atoms with van der Waals surface area (Å²) in [6, 6.07) is 2.05. The highest BCUT2D eigenvalue weighted by molar-refractivity contribution is 5.46. The van der Waals surface area contributed by atoms with Crippen LogP contribution in [0.25, 0.3) is 11.5 Å². The Labute approximate surface area is 119 Å². The first-order valence-corrected chi connectivity index (χ1v) is 6.83. The molecule has 0 saturated heterocycles. The highest BCUT2D eigenvalue weighted by Crippen LogP contribution is 2.23. The summed E-state index contributed by atoms with van der Waals surface area (Å²) in [5.74, 6) is 1.13. The number of likely N-dealkylation sites (N-methyl/N-ethyl adjacent to an activating group) is 1. The zero-order chi connectivity index (χ0) is 14.6. The van der Waals surface area contributed by atoms with Crippen molar-refractivity contribution in [2.75, 3.05) is 6.54 Å². The lowest BCUT2D eigenvalue weighted by Crippen LogP contribution is -2.41. The van der Waals surface area contributed by atoms with E-state index in [9.17, 15) is 0 Å². The fourth-order valence-corrected chi connectivity index (χ4v) is 1.97. The third kappa shape index (κ3) is 3.60. The molecular formula is C14H21N5O. The van der Waals surface area contributed by atoms with Gasteiger partial charge in [0.05, 0.1) is 0 Å². The SMILES string of the molecule is CCNC(Cc1nc(-c2ccncn2)no1)C(C)(C)C. The van der Waals surface area contributed by atoms with Gasteiger partial charge in [-0.25, -0.2) is 9.97 Å². The predicted octanol–water partition coefficient (Wildman–Crippen LogP) is 2.09. The molecule has 20 heavy (non-hydrogen) atoms. The van der Waals surface area contributed by atoms with Gasteiger partial charge in [-0.15, -0.1) is 0 Å². The van der Waals surface area contributed by atoms with E-state index in [1.54, 1.807) is 12.3 Å². The molecule has 6 heteroatoms. The molecule has 0 saturated carbocycles. The van der Waals surface area contributed by atoms with Crippen LogP contribution < -0.4 is 5.32 Å². The summed E-state index contributed by atoms with van der Waals surface area (Å²) in [4.78, 5) is 12.4. The molecule has 108 valence electrons. The van der Waals surface area contributed by atoms with E-state index in [0.717, 1.165) is 6.54 Å². The molecule has 1 unspecified atom stereocenters. The van der Waals surface area contributed by atoms with E-state index in [1.807, 2.05) is 0 Å². The van der Waals surface area contributed by atoms with Crippen LogP contribution in [0, 0.1) is 5.41 Å². The van der Waals surface area contributed by atoms with Gasteiger partial charge in [-0.05, 0) is 18.0 Å². The summed E-state index contributed by atoms with van der Waals surface area (Å²) in [6.45, 7) is 9.60. The smallest absolute Gasteiger partial charge is 0.228 e. The number of nitrogens with one attached hydrogen (secondary N) is 1. The van der Waals surface area contributed by atoms with Crippen LogP contribution in [0.5, 0.6) is 0 Å². The van der Waals surface area contributed by atoms with Crippen LogP contribution in [-0.4, -0.2) is 32.7 Å². The van der Waals surface area contributed by atoms with Crippen molar-refractivity contribution in [1.82, 2.24) is 25.4 Å². The minimum atomic E-state index is 0.125. The molecule has 0 amide bonds. The van der Waals surface area contributed by atoms with Crippen molar-refractivity contribution < 1.29 is 4.52 Å². The van der Waals surface area contributed by atoms with Crippen LogP contribution in [0.15, 0.2) is 23.1 Å². The number of hydrogen-bond acceptors (Lipinski definition) is 6. The largest absolute Gasteiger partial charge is 0.339 e. The summed E-state index contributed by atoms with van der Waals surface area (Å²) in [5.41, 5.74) is 0.797. The van der Waals surface area contributed by atoms with Gasteiger partial charge in [-0.3, -0.25) is 0 Å². The second-order valence-electron chi connectivity index (χ2n) is 5.79. The van der Waals surface area contributed by atoms with E-state index in [-0.39, 0.29) is 11.5 Å². The first kappa shape index (κ1) is 14.6. The maximum absolute atomic E-state index is 5.33. The molecule has 0 bridgehead atoms. The Morgan fingerprint density at radius 3 is 2.75 bits per heavy atom. The summed E-state index contributed by atoms with van der Waals surface area (Å²) >= 11 is 0. The average molecular weight is 275 g/mol. The van der Waals surface area contributed by atoms with Crippen LogP contribution in [-0.2, 0) is 6.42 Å². The molecule has 6 nitrogen and oxygen atoms in total. The van der Waals surface area contributed by atoms with Gasteiger partial charge in [0.1, 0.15) is 12.0 Å². The van der Waals surface area contributed by atoms with Gasteiger partial charge < -0.3 is 9.84 Å². The van der Waals surface area contributed by atoms with Gasteiger partial charge in [0.25, 0.3) is 0 Å². The predicted molar refractivity (Wildman–Crippen MR) is 75.9 cm³/mol. The summed E-state index contributed by atoms with van der Waals surface area (Å²) in [7, 11) is 0. The van der Waals surface area contributed by atoms with Gasteiger partial charge in [0.2, 0.25) is 11.7 Å². The number of rotatable bonds is 5. The van der Waals surface area contributed by atoms with E-state index in [4.69, 9.17) is 4.52 Å². The van der Waals surface area contributed by atoms with Crippen molar-refractivity contribution in [3.63, 3.8) is 0 Å². The van der Waals surface area contributed by atoms with Crippen LogP contribution in [0.3, 0.4) is 0 Å². The van der Waals surface area contributed by atoms with E-state index in [2.05, 4.69) is 53.1 Å². The lowest BCUT2D eigenvalue weighted by molar-refractivity contribution is 0.247. The molecule has 2 aromatic heterocycles. The zero-order valence-corrected chi connectivity index (χ0v) is 12.4. The van der Waals surface area contributed by atoms with E-state index in [1.165, 1.54) is 6.33 Å². The van der Waals surface area contributed by atoms with Crippen LogP contribution >= 0.6 is 0 Å². The first-order valence-electron chi connectivity index (χ1n) is 6.83. The van der Waals surface area contributed by atoms with Gasteiger partial charge in [0, 0.05) is 18.7 Å². The monoisotopic (exact) mass is 275 g/mol. The lowest BCUT2D eigenvalue weighted by Gasteiger charge is -2.30. The Morgan fingerprint density at radius 1 is 1.35 bits per heavy atom. The molecule has 0 aliphatic heterocycles. The fraction of sp³-hybridized carbons (Fsp3) is 0.571. The van der Waals surface area contributed by atoms with Crippen molar-refractivity contribution in [3.8, 4) is 11.5 Å². The van der Waals surface area contributed by atoms with E-state index in [0.29, 0.717) is 23.8 Å². The van der Waals surface area contributed by atoms with Gasteiger partial charge >= 0.3 is 0 Å². The lowest BCUT2D eigenvalue weighted by atomic mass is 9.84. The quantitative estimate of drug-likeness (QED) is 0.900. The molecule has 2 heterocycles. The molecular weight excluding hydrogens is 254 g/mol. The maximum atomic E-state index is 5.33. The van der Waals surface area contributed by atoms with Crippen LogP contribution in [0.1, 0.15) is 33.6 Å². The second-order valence-corrected chi connectivity index (χ2v) is 5.79. The number of aromatic nitrogens is 4. The Morgan fingerprint density at radius 2 is 2.15 bits per heavy atom. The molecule has 0 aliphatic rings. The third-order valence-corrected chi connectivity index (χ3v) is 3.15. The minimum absolute atomic E-state index is 0.125. The third-order valence-electron chi connectivity index (χ3n) is 3.15. The van der Waals surface area contributed by atoms with Crippen LogP contribution in [0.4, 0.5) is 0 Å². The molecule has 0 spiro atoms. The summed E-state index contributed by atoms with van der Waals surface area (Å²) in [6.07, 6.45) is 3.84. The summed E-state index contributed by atoms with van der Waals surface area (Å²) in [5, 5.41) is 7.44.